The van der Waals surface area contributed by atoms with Gasteiger partial charge in [-0.3, -0.25) is 4.99 Å². The van der Waals surface area contributed by atoms with Crippen molar-refractivity contribution in [2.24, 2.45) is 10.9 Å². The summed E-state index contributed by atoms with van der Waals surface area (Å²) >= 11 is 0. The molecule has 1 unspecified atom stereocenters. The molecule has 29 heavy (non-hydrogen) atoms. The number of rotatable bonds is 3. The molecule has 4 nitrogen and oxygen atoms in total. The highest BCUT2D eigenvalue weighted by Gasteiger charge is 2.25. The number of fused-ring (bicyclic) bond motifs is 2. The van der Waals surface area contributed by atoms with Crippen LogP contribution >= 0.6 is 0 Å². The summed E-state index contributed by atoms with van der Waals surface area (Å²) in [5.41, 5.74) is 4.50. The number of hydrogen-bond acceptors (Lipinski definition) is 3. The number of halogens is 1. The van der Waals surface area contributed by atoms with Crippen LogP contribution in [-0.2, 0) is 0 Å². The lowest BCUT2D eigenvalue weighted by molar-refractivity contribution is 0.438. The summed E-state index contributed by atoms with van der Waals surface area (Å²) in [5.74, 6) is 0.332. The molecule has 5 rings (SSSR count). The average molecular weight is 389 g/mol. The highest BCUT2D eigenvalue weighted by Crippen LogP contribution is 2.34. The molecule has 0 bridgehead atoms. The molecule has 2 N–H and O–H groups in total. The first-order valence-electron chi connectivity index (χ1n) is 10.3. The minimum Gasteiger partial charge on any atom is -0.494 e. The molecule has 0 spiro atoms. The number of H-pyrrole nitrogens is 1. The van der Waals surface area contributed by atoms with E-state index in [-0.39, 0.29) is 11.7 Å². The summed E-state index contributed by atoms with van der Waals surface area (Å²) in [5, 5.41) is 10.5. The Bertz CT molecular complexity index is 1100. The summed E-state index contributed by atoms with van der Waals surface area (Å²) in [4.78, 5) is 9.67. The van der Waals surface area contributed by atoms with Crippen LogP contribution in [0.2, 0.25) is 0 Å². The van der Waals surface area contributed by atoms with E-state index in [1.54, 1.807) is 17.7 Å². The second-order valence-corrected chi connectivity index (χ2v) is 7.94. The third-order valence-electron chi connectivity index (χ3n) is 6.16. The molecule has 1 fully saturated rings. The zero-order chi connectivity index (χ0) is 19.8. The third kappa shape index (κ3) is 3.41. The van der Waals surface area contributed by atoms with Crippen LogP contribution in [0.15, 0.2) is 59.1 Å². The van der Waals surface area contributed by atoms with Gasteiger partial charge >= 0.3 is 0 Å². The van der Waals surface area contributed by atoms with Gasteiger partial charge < -0.3 is 15.0 Å². The van der Waals surface area contributed by atoms with Crippen LogP contribution in [0, 0.1) is 11.7 Å². The SMILES string of the molecule is Oc1[nH]c2cccc(F)c2c1C=Nc1ccc(N2CCC3CCCC=C3C2)cc1. The Morgan fingerprint density at radius 1 is 1.14 bits per heavy atom. The predicted molar refractivity (Wildman–Crippen MR) is 116 cm³/mol. The molecule has 5 heteroatoms. The number of nitrogens with zero attached hydrogens (tertiary/aromatic N) is 2. The maximum atomic E-state index is 14.2. The fourth-order valence-electron chi connectivity index (χ4n) is 4.59. The number of allylic oxidation sites excluding steroid dienone is 1. The van der Waals surface area contributed by atoms with Crippen LogP contribution < -0.4 is 4.90 Å². The second kappa shape index (κ2) is 7.39. The van der Waals surface area contributed by atoms with E-state index in [4.69, 9.17) is 0 Å². The summed E-state index contributed by atoms with van der Waals surface area (Å²) in [6, 6.07) is 12.8. The highest BCUT2D eigenvalue weighted by atomic mass is 19.1. The molecule has 2 aromatic carbocycles. The number of hydrogen-bond donors (Lipinski definition) is 2. The molecule has 1 aliphatic carbocycles. The Hall–Kier alpha value is -3.08. The van der Waals surface area contributed by atoms with Gasteiger partial charge in [-0.2, -0.15) is 0 Å². The molecule has 1 aliphatic heterocycles. The van der Waals surface area contributed by atoms with Crippen molar-refractivity contribution in [3.05, 3.63) is 65.5 Å². The molecule has 0 saturated carbocycles. The van der Waals surface area contributed by atoms with E-state index in [2.05, 4.69) is 33.1 Å². The molecule has 1 atom stereocenters. The lowest BCUT2D eigenvalue weighted by Gasteiger charge is -2.37. The van der Waals surface area contributed by atoms with Crippen LogP contribution in [0.5, 0.6) is 5.88 Å². The number of aromatic hydroxyl groups is 1. The van der Waals surface area contributed by atoms with Crippen LogP contribution in [0.4, 0.5) is 15.8 Å². The van der Waals surface area contributed by atoms with Crippen molar-refractivity contribution in [2.75, 3.05) is 18.0 Å². The summed E-state index contributed by atoms with van der Waals surface area (Å²) in [6.07, 6.45) is 9.08. The Morgan fingerprint density at radius 2 is 2.00 bits per heavy atom. The molecule has 148 valence electrons. The topological polar surface area (TPSA) is 51.6 Å². The van der Waals surface area contributed by atoms with Gasteiger partial charge in [-0.25, -0.2) is 4.39 Å². The van der Waals surface area contributed by atoms with E-state index >= 15 is 0 Å². The zero-order valence-electron chi connectivity index (χ0n) is 16.2. The molecular weight excluding hydrogens is 365 g/mol. The van der Waals surface area contributed by atoms with Gasteiger partial charge in [-0.15, -0.1) is 0 Å². The largest absolute Gasteiger partial charge is 0.494 e. The Labute approximate surface area is 169 Å². The molecule has 0 amide bonds. The van der Waals surface area contributed by atoms with Crippen LogP contribution in [0.25, 0.3) is 10.9 Å². The molecule has 3 aromatic rings. The van der Waals surface area contributed by atoms with Crippen molar-refractivity contribution in [2.45, 2.75) is 25.7 Å². The number of piperidine rings is 1. The van der Waals surface area contributed by atoms with Gasteiger partial charge in [0.05, 0.1) is 16.8 Å². The summed E-state index contributed by atoms with van der Waals surface area (Å²) in [7, 11) is 0. The first-order chi connectivity index (χ1) is 14.2. The summed E-state index contributed by atoms with van der Waals surface area (Å²) in [6.45, 7) is 2.11. The minimum atomic E-state index is -0.378. The molecule has 0 radical (unpaired) electrons. The predicted octanol–water partition coefficient (Wildman–Crippen LogP) is 5.70. The van der Waals surface area contributed by atoms with E-state index in [1.807, 2.05) is 12.1 Å². The number of aromatic amines is 1. The van der Waals surface area contributed by atoms with Crippen molar-refractivity contribution in [1.29, 1.82) is 0 Å². The average Bonchev–Trinajstić information content (AvgIpc) is 3.08. The van der Waals surface area contributed by atoms with Gasteiger partial charge in [0.1, 0.15) is 5.82 Å². The Morgan fingerprint density at radius 3 is 2.86 bits per heavy atom. The molecule has 2 heterocycles. The first-order valence-corrected chi connectivity index (χ1v) is 10.3. The van der Waals surface area contributed by atoms with Crippen molar-refractivity contribution in [3.8, 4) is 5.88 Å². The van der Waals surface area contributed by atoms with Crippen molar-refractivity contribution < 1.29 is 9.50 Å². The van der Waals surface area contributed by atoms with Crippen LogP contribution in [0.3, 0.4) is 0 Å². The molecule has 2 aliphatic rings. The number of nitrogens with one attached hydrogen (secondary N) is 1. The van der Waals surface area contributed by atoms with Crippen molar-refractivity contribution in [1.82, 2.24) is 4.98 Å². The van der Waals surface area contributed by atoms with Gasteiger partial charge in [-0.05, 0) is 68.0 Å². The van der Waals surface area contributed by atoms with Gasteiger partial charge in [0, 0.05) is 30.4 Å². The fourth-order valence-corrected chi connectivity index (χ4v) is 4.59. The maximum absolute atomic E-state index is 14.2. The molecule has 1 aromatic heterocycles. The molecular formula is C24H24FN3O. The summed E-state index contributed by atoms with van der Waals surface area (Å²) < 4.78 is 14.2. The Kier molecular flexibility index (Phi) is 4.58. The normalized spacial score (nSPS) is 19.6. The number of anilines is 1. The van der Waals surface area contributed by atoms with E-state index < -0.39 is 0 Å². The van der Waals surface area contributed by atoms with Crippen molar-refractivity contribution >= 4 is 28.5 Å². The van der Waals surface area contributed by atoms with Crippen LogP contribution in [-0.4, -0.2) is 29.4 Å². The fraction of sp³-hybridized carbons (Fsp3) is 0.292. The zero-order valence-corrected chi connectivity index (χ0v) is 16.2. The van der Waals surface area contributed by atoms with E-state index in [0.717, 1.165) is 24.7 Å². The number of aliphatic imine (C=N–C) groups is 1. The molecule has 1 saturated heterocycles. The smallest absolute Gasteiger partial charge is 0.198 e. The van der Waals surface area contributed by atoms with E-state index in [1.165, 1.54) is 43.7 Å². The number of aromatic nitrogens is 1. The standard InChI is InChI=1S/C24H24FN3O/c25-21-6-3-7-22-23(21)20(24(29)27-22)14-26-18-8-10-19(11-9-18)28-13-12-16-4-1-2-5-17(16)15-28/h3,5-11,14,16,27,29H,1-2,4,12-13,15H2. The maximum Gasteiger partial charge on any atom is 0.198 e. The lowest BCUT2D eigenvalue weighted by atomic mass is 9.82. The van der Waals surface area contributed by atoms with E-state index in [0.29, 0.717) is 16.5 Å². The van der Waals surface area contributed by atoms with Gasteiger partial charge in [0.2, 0.25) is 0 Å². The van der Waals surface area contributed by atoms with E-state index in [9.17, 15) is 9.50 Å². The van der Waals surface area contributed by atoms with Gasteiger partial charge in [0.15, 0.2) is 5.88 Å². The van der Waals surface area contributed by atoms with Gasteiger partial charge in [-0.1, -0.05) is 17.7 Å². The van der Waals surface area contributed by atoms with Gasteiger partial charge in [0.25, 0.3) is 0 Å². The van der Waals surface area contributed by atoms with Crippen LogP contribution in [0.1, 0.15) is 31.2 Å². The number of benzene rings is 2. The minimum absolute atomic E-state index is 0.0749. The monoisotopic (exact) mass is 389 g/mol. The third-order valence-corrected chi connectivity index (χ3v) is 6.16. The lowest BCUT2D eigenvalue weighted by Crippen LogP contribution is -2.36. The van der Waals surface area contributed by atoms with Crippen molar-refractivity contribution in [3.63, 3.8) is 0 Å². The quantitative estimate of drug-likeness (QED) is 0.446. The second-order valence-electron chi connectivity index (χ2n) is 7.94. The Balaban J connectivity index is 1.35. The highest BCUT2D eigenvalue weighted by molar-refractivity contribution is 6.02. The first kappa shape index (κ1) is 18.0.